The Hall–Kier alpha value is -1.96. The van der Waals surface area contributed by atoms with Crippen molar-refractivity contribution >= 4 is 11.4 Å². The van der Waals surface area contributed by atoms with Crippen molar-refractivity contribution < 1.29 is 0 Å². The fraction of sp³-hybridized carbons (Fsp3) is 0.400. The number of hydrogen-bond acceptors (Lipinski definition) is 2. The van der Waals surface area contributed by atoms with Gasteiger partial charge in [-0.1, -0.05) is 65.8 Å². The van der Waals surface area contributed by atoms with Crippen molar-refractivity contribution in [1.82, 2.24) is 4.98 Å². The first-order valence-electron chi connectivity index (χ1n) is 8.27. The number of benzene rings is 1. The third-order valence-corrected chi connectivity index (χ3v) is 2.86. The van der Waals surface area contributed by atoms with Crippen LogP contribution >= 0.6 is 0 Å². The van der Waals surface area contributed by atoms with Gasteiger partial charge in [-0.3, -0.25) is 9.98 Å². The van der Waals surface area contributed by atoms with Crippen LogP contribution in [0.5, 0.6) is 0 Å². The average Bonchev–Trinajstić information content (AvgIpc) is 3.05. The van der Waals surface area contributed by atoms with Gasteiger partial charge in [-0.05, 0) is 29.7 Å². The molecule has 1 aromatic heterocycles. The molecule has 0 spiro atoms. The smallest absolute Gasteiger partial charge is 0.0665 e. The summed E-state index contributed by atoms with van der Waals surface area (Å²) in [5, 5.41) is 0. The Morgan fingerprint density at radius 1 is 0.818 bits per heavy atom. The maximum absolute atomic E-state index is 4.57. The van der Waals surface area contributed by atoms with Gasteiger partial charge >= 0.3 is 0 Å². The summed E-state index contributed by atoms with van der Waals surface area (Å²) in [4.78, 5) is 8.35. The molecule has 0 unspecified atom stereocenters. The van der Waals surface area contributed by atoms with E-state index in [0.717, 1.165) is 6.42 Å². The first kappa shape index (κ1) is 20.0. The Bertz CT molecular complexity index is 490. The molecule has 2 heteroatoms. The van der Waals surface area contributed by atoms with Gasteiger partial charge in [-0.25, -0.2) is 0 Å². The minimum absolute atomic E-state index is 0.581. The number of nitrogens with zero attached hydrogens (tertiary/aromatic N) is 2. The molecule has 0 atom stereocenters. The molecule has 0 saturated heterocycles. The normalized spacial score (nSPS) is 10.8. The molecule has 0 fully saturated rings. The van der Waals surface area contributed by atoms with Crippen LogP contribution in [0.2, 0.25) is 0 Å². The summed E-state index contributed by atoms with van der Waals surface area (Å²) >= 11 is 0. The van der Waals surface area contributed by atoms with Gasteiger partial charge in [0.05, 0.1) is 5.69 Å². The zero-order chi connectivity index (χ0) is 16.8. The maximum Gasteiger partial charge on any atom is 0.0665 e. The molecule has 0 saturated carbocycles. The average molecular weight is 298 g/mol. The molecule has 0 amide bonds. The lowest BCUT2D eigenvalue weighted by Gasteiger charge is -2.01. The minimum atomic E-state index is 0.581. The number of para-hydroxylation sites is 1. The van der Waals surface area contributed by atoms with Crippen LogP contribution in [0.15, 0.2) is 59.9 Å². The van der Waals surface area contributed by atoms with E-state index in [2.05, 4.69) is 42.0 Å². The third kappa shape index (κ3) is 7.16. The van der Waals surface area contributed by atoms with Gasteiger partial charge < -0.3 is 0 Å². The van der Waals surface area contributed by atoms with E-state index in [1.165, 1.54) is 17.0 Å². The van der Waals surface area contributed by atoms with Crippen molar-refractivity contribution in [3.63, 3.8) is 0 Å². The van der Waals surface area contributed by atoms with E-state index in [1.807, 2.05) is 52.0 Å². The van der Waals surface area contributed by atoms with Crippen molar-refractivity contribution in [1.29, 1.82) is 0 Å². The summed E-state index contributed by atoms with van der Waals surface area (Å²) in [5.41, 5.74) is 3.86. The lowest BCUT2D eigenvalue weighted by molar-refractivity contribution is 0.871. The summed E-state index contributed by atoms with van der Waals surface area (Å²) in [5.74, 6) is 0.581. The Kier molecular flexibility index (Phi) is 11.6. The first-order valence-corrected chi connectivity index (χ1v) is 8.27. The molecule has 22 heavy (non-hydrogen) atoms. The van der Waals surface area contributed by atoms with Crippen molar-refractivity contribution in [2.75, 3.05) is 0 Å². The van der Waals surface area contributed by atoms with E-state index in [9.17, 15) is 0 Å². The number of pyridine rings is 1. The van der Waals surface area contributed by atoms with Crippen molar-refractivity contribution in [3.8, 4) is 0 Å². The summed E-state index contributed by atoms with van der Waals surface area (Å²) < 4.78 is 0. The van der Waals surface area contributed by atoms with Gasteiger partial charge in [0.1, 0.15) is 0 Å². The van der Waals surface area contributed by atoms with Crippen LogP contribution in [0.25, 0.3) is 0 Å². The van der Waals surface area contributed by atoms with Crippen LogP contribution < -0.4 is 0 Å². The lowest BCUT2D eigenvalue weighted by atomic mass is 10.0. The second kappa shape index (κ2) is 12.8. The van der Waals surface area contributed by atoms with Gasteiger partial charge in [-0.2, -0.15) is 0 Å². The highest BCUT2D eigenvalue weighted by molar-refractivity contribution is 5.95. The molecule has 2 nitrogen and oxygen atoms in total. The van der Waals surface area contributed by atoms with Crippen molar-refractivity contribution in [2.45, 2.75) is 48.0 Å². The van der Waals surface area contributed by atoms with Crippen LogP contribution in [0.1, 0.15) is 47.1 Å². The van der Waals surface area contributed by atoms with E-state index in [0.29, 0.717) is 5.92 Å². The summed E-state index contributed by atoms with van der Waals surface area (Å²) in [6.07, 6.45) is 4.55. The molecule has 0 N–H and O–H groups in total. The molecule has 3 rings (SSSR count). The van der Waals surface area contributed by atoms with Crippen LogP contribution in [-0.2, 0) is 6.42 Å². The van der Waals surface area contributed by atoms with Crippen molar-refractivity contribution in [2.24, 2.45) is 10.9 Å². The standard InChI is InChI=1S/C11H13N.C5H5N.2C2H6/c1-8(2)11-7-9-5-3-4-6-10(9)12-11;1-2-4-6-5-3-1;2*1-2/h3-6,8H,7H2,1-2H3;1-5H;2*1-2H3. The van der Waals surface area contributed by atoms with Gasteiger partial charge in [0, 0.05) is 24.5 Å². The summed E-state index contributed by atoms with van der Waals surface area (Å²) in [7, 11) is 0. The predicted octanol–water partition coefficient (Wildman–Crippen LogP) is 6.11. The lowest BCUT2D eigenvalue weighted by Crippen LogP contribution is -2.06. The Labute approximate surface area is 136 Å². The fourth-order valence-corrected chi connectivity index (χ4v) is 1.80. The Balaban J connectivity index is 0.000000373. The molecule has 0 bridgehead atoms. The molecule has 1 aliphatic heterocycles. The first-order chi connectivity index (χ1) is 10.8. The predicted molar refractivity (Wildman–Crippen MR) is 99.0 cm³/mol. The molecule has 0 aliphatic carbocycles. The number of rotatable bonds is 1. The number of aliphatic imine (C=N–C) groups is 1. The fourth-order valence-electron chi connectivity index (χ4n) is 1.80. The molecule has 1 aliphatic rings. The number of hydrogen-bond donors (Lipinski definition) is 0. The molecule has 2 heterocycles. The zero-order valence-corrected chi connectivity index (χ0v) is 14.9. The largest absolute Gasteiger partial charge is 0.265 e. The maximum atomic E-state index is 4.57. The topological polar surface area (TPSA) is 25.2 Å². The van der Waals surface area contributed by atoms with Crippen LogP contribution in [0.3, 0.4) is 0 Å². The van der Waals surface area contributed by atoms with E-state index in [4.69, 9.17) is 0 Å². The number of aromatic nitrogens is 1. The second-order valence-corrected chi connectivity index (χ2v) is 4.59. The zero-order valence-electron chi connectivity index (χ0n) is 14.9. The van der Waals surface area contributed by atoms with E-state index >= 15 is 0 Å². The van der Waals surface area contributed by atoms with Gasteiger partial charge in [0.15, 0.2) is 0 Å². The van der Waals surface area contributed by atoms with Crippen LogP contribution in [0.4, 0.5) is 5.69 Å². The number of fused-ring (bicyclic) bond motifs is 1. The molecular formula is C20H30N2. The summed E-state index contributed by atoms with van der Waals surface area (Å²) in [6, 6.07) is 14.1. The van der Waals surface area contributed by atoms with Gasteiger partial charge in [0.25, 0.3) is 0 Å². The minimum Gasteiger partial charge on any atom is -0.265 e. The monoisotopic (exact) mass is 298 g/mol. The molecule has 2 aromatic rings. The van der Waals surface area contributed by atoms with Gasteiger partial charge in [-0.15, -0.1) is 0 Å². The molecule has 1 aromatic carbocycles. The molecule has 0 radical (unpaired) electrons. The van der Waals surface area contributed by atoms with E-state index in [1.54, 1.807) is 12.4 Å². The highest BCUT2D eigenvalue weighted by atomic mass is 14.8. The highest BCUT2D eigenvalue weighted by Gasteiger charge is 2.15. The molecular weight excluding hydrogens is 268 g/mol. The quantitative estimate of drug-likeness (QED) is 0.624. The second-order valence-electron chi connectivity index (χ2n) is 4.59. The summed E-state index contributed by atoms with van der Waals surface area (Å²) in [6.45, 7) is 12.4. The Morgan fingerprint density at radius 2 is 1.41 bits per heavy atom. The van der Waals surface area contributed by atoms with Gasteiger partial charge in [0.2, 0.25) is 0 Å². The van der Waals surface area contributed by atoms with Crippen LogP contribution in [0, 0.1) is 5.92 Å². The Morgan fingerprint density at radius 3 is 1.82 bits per heavy atom. The SMILES string of the molecule is CC.CC.CC(C)C1=Nc2ccccc2C1.c1ccncc1. The third-order valence-electron chi connectivity index (χ3n) is 2.86. The van der Waals surface area contributed by atoms with Crippen LogP contribution in [-0.4, -0.2) is 10.7 Å². The highest BCUT2D eigenvalue weighted by Crippen LogP contribution is 2.27. The van der Waals surface area contributed by atoms with E-state index in [-0.39, 0.29) is 0 Å². The van der Waals surface area contributed by atoms with E-state index < -0.39 is 0 Å². The van der Waals surface area contributed by atoms with Crippen molar-refractivity contribution in [3.05, 3.63) is 60.4 Å². The molecule has 120 valence electrons.